The highest BCUT2D eigenvalue weighted by atomic mass is 32.1. The van der Waals surface area contributed by atoms with Crippen molar-refractivity contribution < 1.29 is 0 Å². The normalized spacial score (nSPS) is 12.5. The number of thiophene rings is 1. The van der Waals surface area contributed by atoms with Crippen LogP contribution in [0.25, 0.3) is 98.8 Å². The van der Waals surface area contributed by atoms with Gasteiger partial charge >= 0.3 is 0 Å². The van der Waals surface area contributed by atoms with E-state index in [1.165, 1.54) is 64.7 Å². The molecule has 0 spiro atoms. The average Bonchev–Trinajstić information content (AvgIpc) is 3.96. The largest absolute Gasteiger partial charge is 0.208 e. The molecule has 318 valence electrons. The zero-order valence-corrected chi connectivity index (χ0v) is 37.7. The SMILES string of the molecule is c1ccc(-c2ccc(-c3cc(-c4nc(-c5ccccc5)nc(-c5cccc6c5-c5ccccc5C6(c5ccccc5)c5ccccc5)n4)cc(-c4cccc5c4sc4ccccc45)c3)cc2)cc1. The molecule has 0 saturated carbocycles. The average molecular weight is 884 g/mol. The lowest BCUT2D eigenvalue weighted by Crippen LogP contribution is -2.28. The monoisotopic (exact) mass is 883 g/mol. The van der Waals surface area contributed by atoms with Crippen molar-refractivity contribution in [2.24, 2.45) is 0 Å². The summed E-state index contributed by atoms with van der Waals surface area (Å²) < 4.78 is 2.54. The molecule has 2 heterocycles. The molecule has 0 bridgehead atoms. The molecule has 0 amide bonds. The summed E-state index contributed by atoms with van der Waals surface area (Å²) in [5, 5.41) is 2.54. The van der Waals surface area contributed by atoms with Crippen molar-refractivity contribution in [1.82, 2.24) is 15.0 Å². The Hall–Kier alpha value is -8.57. The van der Waals surface area contributed by atoms with Crippen molar-refractivity contribution in [1.29, 1.82) is 0 Å². The second-order valence-electron chi connectivity index (χ2n) is 17.5. The Labute approximate surface area is 399 Å². The summed E-state index contributed by atoms with van der Waals surface area (Å²) >= 11 is 1.85. The van der Waals surface area contributed by atoms with Crippen LogP contribution in [0.4, 0.5) is 0 Å². The molecule has 12 aromatic rings. The minimum Gasteiger partial charge on any atom is -0.208 e. The Balaban J connectivity index is 1.06. The van der Waals surface area contributed by atoms with E-state index in [1.807, 2.05) is 29.5 Å². The summed E-state index contributed by atoms with van der Waals surface area (Å²) in [6.07, 6.45) is 0. The van der Waals surface area contributed by atoms with Gasteiger partial charge in [0.05, 0.1) is 5.41 Å². The summed E-state index contributed by atoms with van der Waals surface area (Å²) in [6.45, 7) is 0. The lowest BCUT2D eigenvalue weighted by molar-refractivity contribution is 0.768. The highest BCUT2D eigenvalue weighted by Crippen LogP contribution is 2.58. The molecule has 0 unspecified atom stereocenters. The molecule has 0 saturated heterocycles. The van der Waals surface area contributed by atoms with Crippen molar-refractivity contribution in [3.8, 4) is 78.7 Å². The van der Waals surface area contributed by atoms with Crippen molar-refractivity contribution in [3.63, 3.8) is 0 Å². The van der Waals surface area contributed by atoms with Crippen molar-refractivity contribution in [2.75, 3.05) is 0 Å². The Morgan fingerprint density at radius 1 is 0.294 bits per heavy atom. The lowest BCUT2D eigenvalue weighted by atomic mass is 9.67. The molecule has 10 aromatic carbocycles. The van der Waals surface area contributed by atoms with Crippen LogP contribution in [0.5, 0.6) is 0 Å². The van der Waals surface area contributed by atoms with Crippen LogP contribution < -0.4 is 0 Å². The van der Waals surface area contributed by atoms with E-state index in [4.69, 9.17) is 15.0 Å². The van der Waals surface area contributed by atoms with Crippen LogP contribution in [0.1, 0.15) is 22.3 Å². The van der Waals surface area contributed by atoms with Gasteiger partial charge in [-0.25, -0.2) is 15.0 Å². The molecule has 1 aliphatic carbocycles. The molecular formula is C64H41N3S. The molecule has 13 rings (SSSR count). The first-order valence-electron chi connectivity index (χ1n) is 23.1. The second kappa shape index (κ2) is 16.4. The molecule has 2 aromatic heterocycles. The number of nitrogens with zero attached hydrogens (tertiary/aromatic N) is 3. The first-order valence-corrected chi connectivity index (χ1v) is 23.9. The van der Waals surface area contributed by atoms with E-state index in [-0.39, 0.29) is 0 Å². The molecule has 0 atom stereocenters. The van der Waals surface area contributed by atoms with E-state index in [0.29, 0.717) is 17.5 Å². The molecule has 0 radical (unpaired) electrons. The van der Waals surface area contributed by atoms with Gasteiger partial charge in [0.2, 0.25) is 0 Å². The van der Waals surface area contributed by atoms with Crippen LogP contribution in [0, 0.1) is 0 Å². The van der Waals surface area contributed by atoms with Gasteiger partial charge in [0.25, 0.3) is 0 Å². The fourth-order valence-corrected chi connectivity index (χ4v) is 11.8. The van der Waals surface area contributed by atoms with E-state index in [1.54, 1.807) is 0 Å². The molecule has 68 heavy (non-hydrogen) atoms. The Bertz CT molecular complexity index is 3790. The van der Waals surface area contributed by atoms with Crippen molar-refractivity contribution in [2.45, 2.75) is 5.41 Å². The van der Waals surface area contributed by atoms with Gasteiger partial charge in [-0.15, -0.1) is 11.3 Å². The number of hydrogen-bond donors (Lipinski definition) is 0. The van der Waals surface area contributed by atoms with Gasteiger partial charge in [-0.05, 0) is 91.0 Å². The molecule has 0 N–H and O–H groups in total. The van der Waals surface area contributed by atoms with E-state index in [9.17, 15) is 0 Å². The number of benzene rings is 10. The Kier molecular flexibility index (Phi) is 9.59. The Morgan fingerprint density at radius 3 is 1.49 bits per heavy atom. The predicted molar refractivity (Wildman–Crippen MR) is 283 cm³/mol. The summed E-state index contributed by atoms with van der Waals surface area (Å²) in [7, 11) is 0. The standard InChI is InChI=1S/C64H41N3S/c1-5-19-42(20-6-1)43-35-37-44(38-36-43)46-39-47(51-29-17-30-53-52-27-14-16-34-58(52)68-60(51)53)41-48(40-46)62-65-61(45-21-7-2-8-22-45)66-63(67-62)55-31-18-33-57-59(55)54-28-13-15-32-56(54)64(57,49-23-9-3-10-24-49)50-25-11-4-12-26-50/h1-41H. The second-order valence-corrected chi connectivity index (χ2v) is 18.5. The van der Waals surface area contributed by atoms with E-state index < -0.39 is 5.41 Å². The van der Waals surface area contributed by atoms with E-state index in [0.717, 1.165) is 38.9 Å². The molecule has 3 nitrogen and oxygen atoms in total. The molecular weight excluding hydrogens is 843 g/mol. The van der Waals surface area contributed by atoms with E-state index >= 15 is 0 Å². The van der Waals surface area contributed by atoms with Gasteiger partial charge in [-0.3, -0.25) is 0 Å². The summed E-state index contributed by atoms with van der Waals surface area (Å²) in [5.74, 6) is 1.86. The molecule has 1 aliphatic rings. The van der Waals surface area contributed by atoms with Crippen LogP contribution in [0.3, 0.4) is 0 Å². The van der Waals surface area contributed by atoms with Crippen LogP contribution in [-0.2, 0) is 5.41 Å². The van der Waals surface area contributed by atoms with Gasteiger partial charge in [-0.1, -0.05) is 224 Å². The smallest absolute Gasteiger partial charge is 0.164 e. The zero-order valence-electron chi connectivity index (χ0n) is 36.9. The van der Waals surface area contributed by atoms with Crippen LogP contribution in [-0.4, -0.2) is 15.0 Å². The molecule has 4 heteroatoms. The predicted octanol–water partition coefficient (Wildman–Crippen LogP) is 16.6. The van der Waals surface area contributed by atoms with Gasteiger partial charge in [-0.2, -0.15) is 0 Å². The van der Waals surface area contributed by atoms with Gasteiger partial charge in [0.1, 0.15) is 0 Å². The minimum atomic E-state index is -0.560. The number of hydrogen-bond acceptors (Lipinski definition) is 4. The van der Waals surface area contributed by atoms with E-state index in [2.05, 4.69) is 231 Å². The molecule has 0 aliphatic heterocycles. The first-order chi connectivity index (χ1) is 33.7. The zero-order chi connectivity index (χ0) is 45.0. The maximum Gasteiger partial charge on any atom is 0.164 e. The number of aromatic nitrogens is 3. The summed E-state index contributed by atoms with van der Waals surface area (Å²) in [6, 6.07) is 89.4. The maximum atomic E-state index is 5.54. The lowest BCUT2D eigenvalue weighted by Gasteiger charge is -2.33. The van der Waals surface area contributed by atoms with Gasteiger partial charge in [0, 0.05) is 36.9 Å². The van der Waals surface area contributed by atoms with Gasteiger partial charge in [0.15, 0.2) is 17.5 Å². The van der Waals surface area contributed by atoms with Crippen LogP contribution in [0.15, 0.2) is 249 Å². The summed E-state index contributed by atoms with van der Waals surface area (Å²) in [5.41, 5.74) is 16.3. The quantitative estimate of drug-likeness (QED) is 0.153. The Morgan fingerprint density at radius 2 is 0.765 bits per heavy atom. The van der Waals surface area contributed by atoms with Crippen molar-refractivity contribution in [3.05, 3.63) is 271 Å². The third-order valence-electron chi connectivity index (χ3n) is 13.6. The van der Waals surface area contributed by atoms with Crippen molar-refractivity contribution >= 4 is 31.5 Å². The third-order valence-corrected chi connectivity index (χ3v) is 14.8. The first kappa shape index (κ1) is 39.8. The summed E-state index contributed by atoms with van der Waals surface area (Å²) in [4.78, 5) is 16.3. The maximum absolute atomic E-state index is 5.54. The van der Waals surface area contributed by atoms with Crippen LogP contribution >= 0.6 is 11.3 Å². The molecule has 0 fully saturated rings. The fraction of sp³-hybridized carbons (Fsp3) is 0.0156. The fourth-order valence-electron chi connectivity index (χ4n) is 10.6. The highest BCUT2D eigenvalue weighted by Gasteiger charge is 2.47. The number of fused-ring (bicyclic) bond motifs is 6. The topological polar surface area (TPSA) is 38.7 Å². The minimum absolute atomic E-state index is 0.560. The van der Waals surface area contributed by atoms with Crippen LogP contribution in [0.2, 0.25) is 0 Å². The highest BCUT2D eigenvalue weighted by molar-refractivity contribution is 7.26. The third kappa shape index (κ3) is 6.52. The number of rotatable bonds is 8. The van der Waals surface area contributed by atoms with Gasteiger partial charge < -0.3 is 0 Å².